The number of hydrogen-bond donors (Lipinski definition) is 1. The highest BCUT2D eigenvalue weighted by Gasteiger charge is 2.18. The number of amides is 2. The minimum absolute atomic E-state index is 0.0117. The van der Waals surface area contributed by atoms with Crippen molar-refractivity contribution < 1.29 is 14.3 Å². The molecule has 1 heterocycles. The molecule has 5 heteroatoms. The van der Waals surface area contributed by atoms with Gasteiger partial charge >= 0.3 is 0 Å². The summed E-state index contributed by atoms with van der Waals surface area (Å²) < 4.78 is 5.29. The summed E-state index contributed by atoms with van der Waals surface area (Å²) in [6.45, 7) is 2.81. The molecule has 0 radical (unpaired) electrons. The molecule has 0 saturated carbocycles. The molecule has 1 unspecified atom stereocenters. The monoisotopic (exact) mass is 338 g/mol. The summed E-state index contributed by atoms with van der Waals surface area (Å²) in [5.41, 5.74) is 3.44. The topological polar surface area (TPSA) is 58.6 Å². The summed E-state index contributed by atoms with van der Waals surface area (Å²) in [5.74, 6) is -0.0902. The third kappa shape index (κ3) is 4.06. The number of anilines is 1. The fourth-order valence-corrected chi connectivity index (χ4v) is 2.82. The first kappa shape index (κ1) is 17.2. The molecule has 2 amide bonds. The van der Waals surface area contributed by atoms with Gasteiger partial charge in [0, 0.05) is 31.8 Å². The van der Waals surface area contributed by atoms with E-state index in [9.17, 15) is 9.59 Å². The average molecular weight is 338 g/mol. The summed E-state index contributed by atoms with van der Waals surface area (Å²) in [4.78, 5) is 25.4. The largest absolute Gasteiger partial charge is 0.379 e. The van der Waals surface area contributed by atoms with Gasteiger partial charge in [0.1, 0.15) is 0 Å². The lowest BCUT2D eigenvalue weighted by Crippen LogP contribution is -2.34. The number of carbonyl (C=O) groups is 2. The maximum absolute atomic E-state index is 12.4. The van der Waals surface area contributed by atoms with Crippen molar-refractivity contribution in [2.45, 2.75) is 19.4 Å². The van der Waals surface area contributed by atoms with Gasteiger partial charge in [-0.15, -0.1) is 0 Å². The van der Waals surface area contributed by atoms with Crippen LogP contribution in [0.4, 0.5) is 5.69 Å². The highest BCUT2D eigenvalue weighted by atomic mass is 16.5. The van der Waals surface area contributed by atoms with Crippen LogP contribution < -0.4 is 10.2 Å². The maximum Gasteiger partial charge on any atom is 0.251 e. The van der Waals surface area contributed by atoms with Crippen LogP contribution in [0, 0.1) is 0 Å². The van der Waals surface area contributed by atoms with Gasteiger partial charge in [-0.05, 0) is 41.8 Å². The van der Waals surface area contributed by atoms with Gasteiger partial charge in [0.2, 0.25) is 5.91 Å². The van der Waals surface area contributed by atoms with Crippen LogP contribution in [0.25, 0.3) is 11.1 Å². The highest BCUT2D eigenvalue weighted by Crippen LogP contribution is 2.24. The number of nitrogens with one attached hydrogen (secondary N) is 1. The minimum Gasteiger partial charge on any atom is -0.379 e. The molecule has 130 valence electrons. The van der Waals surface area contributed by atoms with E-state index in [4.69, 9.17) is 4.74 Å². The van der Waals surface area contributed by atoms with Gasteiger partial charge in [-0.3, -0.25) is 9.59 Å². The molecule has 5 nitrogen and oxygen atoms in total. The van der Waals surface area contributed by atoms with Crippen LogP contribution >= 0.6 is 0 Å². The van der Waals surface area contributed by atoms with E-state index < -0.39 is 0 Å². The molecule has 0 aromatic heterocycles. The smallest absolute Gasteiger partial charge is 0.251 e. The van der Waals surface area contributed by atoms with E-state index in [0.29, 0.717) is 18.8 Å². The van der Waals surface area contributed by atoms with Crippen LogP contribution in [-0.4, -0.2) is 38.1 Å². The third-order valence-corrected chi connectivity index (χ3v) is 4.45. The van der Waals surface area contributed by atoms with E-state index in [-0.39, 0.29) is 17.9 Å². The summed E-state index contributed by atoms with van der Waals surface area (Å²) in [7, 11) is 1.75. The van der Waals surface area contributed by atoms with Crippen LogP contribution in [0.5, 0.6) is 0 Å². The average Bonchev–Trinajstić information content (AvgIpc) is 3.14. The normalized spacial score (nSPS) is 16.5. The van der Waals surface area contributed by atoms with Gasteiger partial charge in [-0.1, -0.05) is 24.3 Å². The second kappa shape index (κ2) is 7.49. The van der Waals surface area contributed by atoms with E-state index in [0.717, 1.165) is 23.2 Å². The predicted octanol–water partition coefficient (Wildman–Crippen LogP) is 2.86. The van der Waals surface area contributed by atoms with Crippen molar-refractivity contribution in [1.29, 1.82) is 0 Å². The number of carbonyl (C=O) groups excluding carboxylic acids is 2. The molecule has 2 aromatic carbocycles. The standard InChI is InChI=1S/C20H22N2O3/c1-14(23)22(2)19-8-6-15(7-9-19)16-4-3-5-17(12-16)20(24)21-18-10-11-25-13-18/h3-9,12,18H,10-11,13H2,1-2H3,(H,21,24). The molecule has 0 aliphatic carbocycles. The molecule has 1 aliphatic rings. The minimum atomic E-state index is -0.0784. The van der Waals surface area contributed by atoms with Crippen molar-refractivity contribution in [1.82, 2.24) is 5.32 Å². The van der Waals surface area contributed by atoms with Gasteiger partial charge in [0.15, 0.2) is 0 Å². The Labute approximate surface area is 147 Å². The molecule has 1 fully saturated rings. The Morgan fingerprint density at radius 1 is 1.12 bits per heavy atom. The number of benzene rings is 2. The molecular weight excluding hydrogens is 316 g/mol. The zero-order valence-electron chi connectivity index (χ0n) is 14.5. The first-order valence-electron chi connectivity index (χ1n) is 8.38. The van der Waals surface area contributed by atoms with Crippen LogP contribution in [0.1, 0.15) is 23.7 Å². The Balaban J connectivity index is 1.76. The van der Waals surface area contributed by atoms with Crippen LogP contribution in [0.2, 0.25) is 0 Å². The molecule has 1 saturated heterocycles. The lowest BCUT2D eigenvalue weighted by Gasteiger charge is -2.15. The predicted molar refractivity (Wildman–Crippen MR) is 97.7 cm³/mol. The van der Waals surface area contributed by atoms with E-state index in [1.54, 1.807) is 11.9 Å². The molecule has 1 atom stereocenters. The molecule has 1 N–H and O–H groups in total. The summed E-state index contributed by atoms with van der Waals surface area (Å²) in [5, 5.41) is 3.00. The molecular formula is C20H22N2O3. The van der Waals surface area contributed by atoms with E-state index in [1.165, 1.54) is 6.92 Å². The third-order valence-electron chi connectivity index (χ3n) is 4.45. The molecule has 1 aliphatic heterocycles. The Morgan fingerprint density at radius 3 is 2.52 bits per heavy atom. The number of hydrogen-bond acceptors (Lipinski definition) is 3. The lowest BCUT2D eigenvalue weighted by atomic mass is 10.0. The van der Waals surface area contributed by atoms with Crippen LogP contribution in [-0.2, 0) is 9.53 Å². The summed E-state index contributed by atoms with van der Waals surface area (Å²) in [6, 6.07) is 15.4. The first-order valence-corrected chi connectivity index (χ1v) is 8.38. The molecule has 0 spiro atoms. The van der Waals surface area contributed by atoms with Crippen molar-refractivity contribution in [2.24, 2.45) is 0 Å². The molecule has 25 heavy (non-hydrogen) atoms. The Morgan fingerprint density at radius 2 is 1.88 bits per heavy atom. The lowest BCUT2D eigenvalue weighted by molar-refractivity contribution is -0.116. The van der Waals surface area contributed by atoms with Crippen molar-refractivity contribution >= 4 is 17.5 Å². The van der Waals surface area contributed by atoms with Gasteiger partial charge in [0.25, 0.3) is 5.91 Å². The number of rotatable bonds is 4. The van der Waals surface area contributed by atoms with Gasteiger partial charge < -0.3 is 15.0 Å². The van der Waals surface area contributed by atoms with Gasteiger partial charge in [0.05, 0.1) is 12.6 Å². The zero-order valence-corrected chi connectivity index (χ0v) is 14.5. The van der Waals surface area contributed by atoms with Crippen molar-refractivity contribution in [3.8, 4) is 11.1 Å². The Hall–Kier alpha value is -2.66. The molecule has 2 aromatic rings. The highest BCUT2D eigenvalue weighted by molar-refractivity contribution is 5.96. The van der Waals surface area contributed by atoms with Gasteiger partial charge in [-0.25, -0.2) is 0 Å². The van der Waals surface area contributed by atoms with Crippen LogP contribution in [0.15, 0.2) is 48.5 Å². The van der Waals surface area contributed by atoms with Gasteiger partial charge in [-0.2, -0.15) is 0 Å². The Kier molecular flexibility index (Phi) is 5.14. The Bertz CT molecular complexity index is 765. The van der Waals surface area contributed by atoms with Crippen LogP contribution in [0.3, 0.4) is 0 Å². The van der Waals surface area contributed by atoms with Crippen molar-refractivity contribution in [2.75, 3.05) is 25.2 Å². The van der Waals surface area contributed by atoms with E-state index in [1.807, 2.05) is 48.5 Å². The van der Waals surface area contributed by atoms with E-state index >= 15 is 0 Å². The van der Waals surface area contributed by atoms with Crippen molar-refractivity contribution in [3.05, 3.63) is 54.1 Å². The van der Waals surface area contributed by atoms with Crippen molar-refractivity contribution in [3.63, 3.8) is 0 Å². The quantitative estimate of drug-likeness (QED) is 0.932. The van der Waals surface area contributed by atoms with E-state index in [2.05, 4.69) is 5.32 Å². The second-order valence-corrected chi connectivity index (χ2v) is 6.24. The fourth-order valence-electron chi connectivity index (χ4n) is 2.82. The maximum atomic E-state index is 12.4. The molecule has 3 rings (SSSR count). The second-order valence-electron chi connectivity index (χ2n) is 6.24. The first-order chi connectivity index (χ1) is 12.0. The summed E-state index contributed by atoms with van der Waals surface area (Å²) >= 11 is 0. The SMILES string of the molecule is CC(=O)N(C)c1ccc(-c2cccc(C(=O)NC3CCOC3)c2)cc1. The molecule has 0 bridgehead atoms. The fraction of sp³-hybridized carbons (Fsp3) is 0.300. The number of nitrogens with zero attached hydrogens (tertiary/aromatic N) is 1. The zero-order chi connectivity index (χ0) is 17.8. The summed E-state index contributed by atoms with van der Waals surface area (Å²) in [6.07, 6.45) is 0.858. The number of ether oxygens (including phenoxy) is 1.